The molecule has 0 aliphatic heterocycles. The van der Waals surface area contributed by atoms with Crippen LogP contribution in [-0.4, -0.2) is 23.2 Å². The van der Waals surface area contributed by atoms with Gasteiger partial charge in [-0.15, -0.1) is 0 Å². The molecule has 1 aliphatic carbocycles. The molecule has 24 heavy (non-hydrogen) atoms. The first-order valence-corrected chi connectivity index (χ1v) is 9.32. The topological polar surface area (TPSA) is 47.1 Å². The number of benzene rings is 2. The normalized spacial score (nSPS) is 15.1. The zero-order valence-corrected chi connectivity index (χ0v) is 15.7. The molecule has 0 spiro atoms. The van der Waals surface area contributed by atoms with Crippen molar-refractivity contribution in [3.8, 4) is 22.9 Å². The Bertz CT molecular complexity index is 836. The van der Waals surface area contributed by atoms with E-state index in [0.717, 1.165) is 50.3 Å². The van der Waals surface area contributed by atoms with E-state index >= 15 is 0 Å². The summed E-state index contributed by atoms with van der Waals surface area (Å²) in [4.78, 5) is 8.05. The van der Waals surface area contributed by atoms with E-state index in [-0.39, 0.29) is 0 Å². The maximum Gasteiger partial charge on any atom is 0.174 e. The standard InChI is InChI=1S/C19H19IN2O2/c1-23-17-11-12(19-21-15-8-4-5-9-16(15)22-19)10-14(20)18(17)24-13-6-2-3-7-13/h4-5,8-11,13H,2-3,6-7H2,1H3,(H,21,22). The van der Waals surface area contributed by atoms with Crippen molar-refractivity contribution in [2.24, 2.45) is 0 Å². The summed E-state index contributed by atoms with van der Waals surface area (Å²) in [6, 6.07) is 12.2. The maximum absolute atomic E-state index is 6.21. The van der Waals surface area contributed by atoms with E-state index in [0.29, 0.717) is 6.10 Å². The van der Waals surface area contributed by atoms with Gasteiger partial charge in [0.1, 0.15) is 5.82 Å². The van der Waals surface area contributed by atoms with E-state index in [4.69, 9.17) is 9.47 Å². The van der Waals surface area contributed by atoms with Crippen LogP contribution in [-0.2, 0) is 0 Å². The minimum absolute atomic E-state index is 0.310. The van der Waals surface area contributed by atoms with E-state index in [9.17, 15) is 0 Å². The molecule has 0 atom stereocenters. The largest absolute Gasteiger partial charge is 0.493 e. The molecule has 4 rings (SSSR count). The van der Waals surface area contributed by atoms with Gasteiger partial charge in [0.15, 0.2) is 11.5 Å². The van der Waals surface area contributed by atoms with Crippen molar-refractivity contribution in [2.45, 2.75) is 31.8 Å². The minimum atomic E-state index is 0.310. The molecule has 124 valence electrons. The number of ether oxygens (including phenoxy) is 2. The van der Waals surface area contributed by atoms with Crippen molar-refractivity contribution >= 4 is 33.6 Å². The fraction of sp³-hybridized carbons (Fsp3) is 0.316. The zero-order chi connectivity index (χ0) is 16.5. The van der Waals surface area contributed by atoms with E-state index in [1.165, 1.54) is 12.8 Å². The summed E-state index contributed by atoms with van der Waals surface area (Å²) in [5.74, 6) is 2.47. The van der Waals surface area contributed by atoms with Crippen LogP contribution in [0.25, 0.3) is 22.4 Å². The third kappa shape index (κ3) is 2.97. The fourth-order valence-corrected chi connectivity index (χ4v) is 3.96. The van der Waals surface area contributed by atoms with Crippen LogP contribution in [0, 0.1) is 3.57 Å². The molecule has 1 N–H and O–H groups in total. The van der Waals surface area contributed by atoms with Crippen LogP contribution < -0.4 is 9.47 Å². The van der Waals surface area contributed by atoms with Crippen LogP contribution >= 0.6 is 22.6 Å². The smallest absolute Gasteiger partial charge is 0.174 e. The van der Waals surface area contributed by atoms with Gasteiger partial charge in [-0.05, 0) is 72.5 Å². The third-order valence-electron chi connectivity index (χ3n) is 4.48. The molecule has 0 unspecified atom stereocenters. The first-order valence-electron chi connectivity index (χ1n) is 8.24. The SMILES string of the molecule is COc1cc(-c2nc3ccccc3[nH]2)cc(I)c1OC1CCCC1. The number of rotatable bonds is 4. The summed E-state index contributed by atoms with van der Waals surface area (Å²) in [5.41, 5.74) is 3.01. The third-order valence-corrected chi connectivity index (χ3v) is 5.28. The van der Waals surface area contributed by atoms with Crippen LogP contribution in [0.1, 0.15) is 25.7 Å². The molecule has 1 heterocycles. The molecule has 0 radical (unpaired) electrons. The summed E-state index contributed by atoms with van der Waals surface area (Å²) in [7, 11) is 1.69. The van der Waals surface area contributed by atoms with Gasteiger partial charge in [-0.1, -0.05) is 12.1 Å². The van der Waals surface area contributed by atoms with E-state index in [1.54, 1.807) is 7.11 Å². The van der Waals surface area contributed by atoms with Crippen LogP contribution in [0.2, 0.25) is 0 Å². The molecular weight excluding hydrogens is 415 g/mol. The Kier molecular flexibility index (Phi) is 4.35. The summed E-state index contributed by atoms with van der Waals surface area (Å²) in [6.45, 7) is 0. The molecule has 1 aliphatic rings. The lowest BCUT2D eigenvalue weighted by molar-refractivity contribution is 0.199. The van der Waals surface area contributed by atoms with Gasteiger partial charge >= 0.3 is 0 Å². The number of aromatic amines is 1. The van der Waals surface area contributed by atoms with E-state index in [1.807, 2.05) is 30.3 Å². The summed E-state index contributed by atoms with van der Waals surface area (Å²) < 4.78 is 12.9. The van der Waals surface area contributed by atoms with Gasteiger partial charge in [0.2, 0.25) is 0 Å². The molecule has 1 saturated carbocycles. The number of imidazole rings is 1. The number of hydrogen-bond acceptors (Lipinski definition) is 3. The monoisotopic (exact) mass is 434 g/mol. The van der Waals surface area contributed by atoms with Gasteiger partial charge in [0.05, 0.1) is 27.8 Å². The van der Waals surface area contributed by atoms with E-state index < -0.39 is 0 Å². The van der Waals surface area contributed by atoms with Crippen LogP contribution in [0.5, 0.6) is 11.5 Å². The van der Waals surface area contributed by atoms with Crippen molar-refractivity contribution in [1.29, 1.82) is 0 Å². The number of nitrogens with zero attached hydrogens (tertiary/aromatic N) is 1. The van der Waals surface area contributed by atoms with Crippen molar-refractivity contribution in [3.63, 3.8) is 0 Å². The van der Waals surface area contributed by atoms with Crippen molar-refractivity contribution in [3.05, 3.63) is 40.0 Å². The number of methoxy groups -OCH3 is 1. The lowest BCUT2D eigenvalue weighted by atomic mass is 10.2. The number of fused-ring (bicyclic) bond motifs is 1. The Balaban J connectivity index is 1.72. The predicted molar refractivity (Wildman–Crippen MR) is 104 cm³/mol. The number of para-hydroxylation sites is 2. The molecule has 5 heteroatoms. The van der Waals surface area contributed by atoms with Crippen molar-refractivity contribution < 1.29 is 9.47 Å². The maximum atomic E-state index is 6.21. The number of nitrogens with one attached hydrogen (secondary N) is 1. The van der Waals surface area contributed by atoms with Crippen LogP contribution in [0.15, 0.2) is 36.4 Å². The molecule has 2 aromatic carbocycles. The molecule has 0 saturated heterocycles. The first-order chi connectivity index (χ1) is 11.7. The molecule has 0 amide bonds. The Hall–Kier alpha value is -1.76. The second kappa shape index (κ2) is 6.63. The van der Waals surface area contributed by atoms with Gasteiger partial charge in [0, 0.05) is 5.56 Å². The Morgan fingerprint density at radius 2 is 1.96 bits per heavy atom. The Morgan fingerprint density at radius 3 is 2.71 bits per heavy atom. The Labute approximate surface area is 154 Å². The van der Waals surface area contributed by atoms with Gasteiger partial charge in [-0.25, -0.2) is 4.98 Å². The zero-order valence-electron chi connectivity index (χ0n) is 13.5. The number of hydrogen-bond donors (Lipinski definition) is 1. The molecule has 4 nitrogen and oxygen atoms in total. The highest BCUT2D eigenvalue weighted by molar-refractivity contribution is 14.1. The Morgan fingerprint density at radius 1 is 1.17 bits per heavy atom. The van der Waals surface area contributed by atoms with E-state index in [2.05, 4.69) is 38.6 Å². The lowest BCUT2D eigenvalue weighted by Gasteiger charge is -2.18. The summed E-state index contributed by atoms with van der Waals surface area (Å²) >= 11 is 2.32. The predicted octanol–water partition coefficient (Wildman–Crippen LogP) is 5.16. The number of H-pyrrole nitrogens is 1. The second-order valence-electron chi connectivity index (χ2n) is 6.12. The van der Waals surface area contributed by atoms with Gasteiger partial charge in [0.25, 0.3) is 0 Å². The molecular formula is C19H19IN2O2. The minimum Gasteiger partial charge on any atom is -0.493 e. The first kappa shape index (κ1) is 15.7. The van der Waals surface area contributed by atoms with Gasteiger partial charge < -0.3 is 14.5 Å². The van der Waals surface area contributed by atoms with Crippen molar-refractivity contribution in [1.82, 2.24) is 9.97 Å². The molecule has 0 bridgehead atoms. The fourth-order valence-electron chi connectivity index (χ4n) is 3.23. The average Bonchev–Trinajstić information content (AvgIpc) is 3.25. The second-order valence-corrected chi connectivity index (χ2v) is 7.28. The lowest BCUT2D eigenvalue weighted by Crippen LogP contribution is -2.12. The highest BCUT2D eigenvalue weighted by Crippen LogP contribution is 2.39. The quantitative estimate of drug-likeness (QED) is 0.577. The number of aromatic nitrogens is 2. The number of halogens is 1. The summed E-state index contributed by atoms with van der Waals surface area (Å²) in [6.07, 6.45) is 5.07. The van der Waals surface area contributed by atoms with Crippen LogP contribution in [0.4, 0.5) is 0 Å². The van der Waals surface area contributed by atoms with Crippen molar-refractivity contribution in [2.75, 3.05) is 7.11 Å². The highest BCUT2D eigenvalue weighted by atomic mass is 127. The molecule has 1 aromatic heterocycles. The van der Waals surface area contributed by atoms with Crippen LogP contribution in [0.3, 0.4) is 0 Å². The summed E-state index contributed by atoms with van der Waals surface area (Å²) in [5, 5.41) is 0. The molecule has 3 aromatic rings. The molecule has 1 fully saturated rings. The van der Waals surface area contributed by atoms with Gasteiger partial charge in [-0.2, -0.15) is 0 Å². The average molecular weight is 434 g/mol. The highest BCUT2D eigenvalue weighted by Gasteiger charge is 2.21. The van der Waals surface area contributed by atoms with Gasteiger partial charge in [-0.3, -0.25) is 0 Å².